The van der Waals surface area contributed by atoms with Crippen LogP contribution in [0.4, 0.5) is 4.79 Å². The van der Waals surface area contributed by atoms with E-state index in [4.69, 9.17) is 0 Å². The Bertz CT molecular complexity index is 466. The highest BCUT2D eigenvalue weighted by molar-refractivity contribution is 8.03. The normalized spacial score (nSPS) is 23.6. The zero-order valence-corrected chi connectivity index (χ0v) is 13.7. The Balaban J connectivity index is 1.76. The molecule has 0 aromatic heterocycles. The molecule has 2 aliphatic heterocycles. The monoisotopic (exact) mass is 307 g/mol. The first-order valence-corrected chi connectivity index (χ1v) is 9.07. The van der Waals surface area contributed by atoms with Crippen molar-refractivity contribution in [2.45, 2.75) is 26.2 Å². The van der Waals surface area contributed by atoms with Crippen LogP contribution < -0.4 is 5.32 Å². The van der Waals surface area contributed by atoms with Crippen molar-refractivity contribution >= 4 is 17.8 Å². The maximum atomic E-state index is 12.7. The molecule has 5 heteroatoms. The van der Waals surface area contributed by atoms with E-state index in [-0.39, 0.29) is 6.03 Å². The third-order valence-electron chi connectivity index (χ3n) is 4.55. The van der Waals surface area contributed by atoms with Gasteiger partial charge in [0.1, 0.15) is 0 Å². The molecule has 0 aromatic rings. The molecule has 0 unspecified atom stereocenters. The molecule has 4 nitrogen and oxygen atoms in total. The number of thioether (sulfide) groups is 1. The number of allylic oxidation sites excluding steroid dienone is 2. The van der Waals surface area contributed by atoms with Crippen molar-refractivity contribution in [3.63, 3.8) is 0 Å². The van der Waals surface area contributed by atoms with Crippen LogP contribution >= 0.6 is 11.8 Å². The van der Waals surface area contributed by atoms with Gasteiger partial charge < -0.3 is 15.1 Å². The summed E-state index contributed by atoms with van der Waals surface area (Å²) in [6.07, 6.45) is 5.83. The van der Waals surface area contributed by atoms with Crippen LogP contribution in [0.2, 0.25) is 0 Å². The predicted molar refractivity (Wildman–Crippen MR) is 88.5 cm³/mol. The Morgan fingerprint density at radius 3 is 2.86 bits per heavy atom. The van der Waals surface area contributed by atoms with E-state index in [0.717, 1.165) is 51.4 Å². The van der Waals surface area contributed by atoms with Crippen molar-refractivity contribution in [2.75, 3.05) is 45.0 Å². The first-order valence-electron chi connectivity index (χ1n) is 8.08. The van der Waals surface area contributed by atoms with E-state index in [1.807, 2.05) is 16.7 Å². The Morgan fingerprint density at radius 2 is 2.10 bits per heavy atom. The van der Waals surface area contributed by atoms with Gasteiger partial charge in [-0.1, -0.05) is 18.6 Å². The molecule has 2 heterocycles. The summed E-state index contributed by atoms with van der Waals surface area (Å²) in [6.45, 7) is 7.43. The smallest absolute Gasteiger partial charge is 0.320 e. The quantitative estimate of drug-likeness (QED) is 0.808. The van der Waals surface area contributed by atoms with Crippen molar-refractivity contribution in [3.8, 4) is 0 Å². The van der Waals surface area contributed by atoms with Gasteiger partial charge in [-0.2, -0.15) is 0 Å². The minimum atomic E-state index is 0.229. The van der Waals surface area contributed by atoms with Crippen LogP contribution in [0.15, 0.2) is 22.1 Å². The molecule has 116 valence electrons. The van der Waals surface area contributed by atoms with Gasteiger partial charge in [0.05, 0.1) is 0 Å². The van der Waals surface area contributed by atoms with E-state index in [9.17, 15) is 4.79 Å². The maximum Gasteiger partial charge on any atom is 0.320 e. The first-order chi connectivity index (χ1) is 10.3. The number of urea groups is 1. The van der Waals surface area contributed by atoms with Gasteiger partial charge in [0.15, 0.2) is 0 Å². The molecule has 0 spiro atoms. The number of hydrogen-bond acceptors (Lipinski definition) is 3. The minimum absolute atomic E-state index is 0.229. The standard InChI is InChI=1S/C16H25N3OS/c1-2-13-4-3-5-15-14(13)12-19(10-11-21-15)16(20)18-8-6-17-7-9-18/h5,17H,2-4,6-12H2,1H3. The second-order valence-electron chi connectivity index (χ2n) is 5.83. The molecule has 0 saturated carbocycles. The Kier molecular flexibility index (Phi) is 4.91. The van der Waals surface area contributed by atoms with Crippen LogP contribution in [0.5, 0.6) is 0 Å². The summed E-state index contributed by atoms with van der Waals surface area (Å²) in [7, 11) is 0. The summed E-state index contributed by atoms with van der Waals surface area (Å²) in [5.41, 5.74) is 3.00. The SMILES string of the molecule is CCC1=C2CN(C(=O)N3CCNCC3)CCSC2=CCC1. The topological polar surface area (TPSA) is 35.6 Å². The Hall–Kier alpha value is -0.940. The Morgan fingerprint density at radius 1 is 1.29 bits per heavy atom. The highest BCUT2D eigenvalue weighted by Crippen LogP contribution is 2.36. The molecule has 21 heavy (non-hydrogen) atoms. The summed E-state index contributed by atoms with van der Waals surface area (Å²) in [5, 5.41) is 3.31. The van der Waals surface area contributed by atoms with Crippen molar-refractivity contribution in [2.24, 2.45) is 0 Å². The fraction of sp³-hybridized carbons (Fsp3) is 0.688. The largest absolute Gasteiger partial charge is 0.322 e. The molecule has 0 radical (unpaired) electrons. The number of nitrogens with one attached hydrogen (secondary N) is 1. The van der Waals surface area contributed by atoms with Crippen LogP contribution in [0.25, 0.3) is 0 Å². The molecule has 2 amide bonds. The average molecular weight is 307 g/mol. The lowest BCUT2D eigenvalue weighted by atomic mass is 9.95. The number of rotatable bonds is 1. The number of carbonyl (C=O) groups excluding carboxylic acids is 1. The zero-order valence-electron chi connectivity index (χ0n) is 12.9. The van der Waals surface area contributed by atoms with E-state index >= 15 is 0 Å². The van der Waals surface area contributed by atoms with Crippen molar-refractivity contribution < 1.29 is 4.79 Å². The van der Waals surface area contributed by atoms with Gasteiger partial charge in [-0.25, -0.2) is 4.79 Å². The number of carbonyl (C=O) groups is 1. The third kappa shape index (κ3) is 3.29. The van der Waals surface area contributed by atoms with Gasteiger partial charge in [-0.05, 0) is 24.8 Å². The molecule has 0 aromatic carbocycles. The molecule has 0 atom stereocenters. The molecule has 1 N–H and O–H groups in total. The van der Waals surface area contributed by atoms with Crippen LogP contribution in [0.3, 0.4) is 0 Å². The van der Waals surface area contributed by atoms with Crippen molar-refractivity contribution in [1.82, 2.24) is 15.1 Å². The number of fused-ring (bicyclic) bond motifs is 1. The minimum Gasteiger partial charge on any atom is -0.322 e. The van der Waals surface area contributed by atoms with E-state index < -0.39 is 0 Å². The number of nitrogens with zero attached hydrogens (tertiary/aromatic N) is 2. The number of hydrogen-bond donors (Lipinski definition) is 1. The first kappa shape index (κ1) is 15.0. The van der Waals surface area contributed by atoms with Crippen LogP contribution in [-0.2, 0) is 0 Å². The summed E-state index contributed by atoms with van der Waals surface area (Å²) in [5.74, 6) is 1.02. The average Bonchev–Trinajstić information content (AvgIpc) is 2.77. The van der Waals surface area contributed by atoms with Crippen molar-refractivity contribution in [3.05, 3.63) is 22.1 Å². The van der Waals surface area contributed by atoms with Crippen LogP contribution in [-0.4, -0.2) is 60.9 Å². The lowest BCUT2D eigenvalue weighted by Crippen LogP contribution is -2.52. The van der Waals surface area contributed by atoms with Crippen LogP contribution in [0, 0.1) is 0 Å². The van der Waals surface area contributed by atoms with Gasteiger partial charge in [-0.3, -0.25) is 0 Å². The molecule has 3 aliphatic rings. The Labute approximate surface area is 131 Å². The molecule has 1 aliphatic carbocycles. The number of amides is 2. The highest BCUT2D eigenvalue weighted by atomic mass is 32.2. The molecule has 3 rings (SSSR count). The zero-order chi connectivity index (χ0) is 14.7. The van der Waals surface area contributed by atoms with Gasteiger partial charge in [-0.15, -0.1) is 11.8 Å². The fourth-order valence-corrected chi connectivity index (χ4v) is 4.46. The van der Waals surface area contributed by atoms with E-state index in [2.05, 4.69) is 23.2 Å². The molecule has 2 saturated heterocycles. The van der Waals surface area contributed by atoms with E-state index in [1.54, 1.807) is 5.57 Å². The second kappa shape index (κ2) is 6.88. The lowest BCUT2D eigenvalue weighted by Gasteiger charge is -2.33. The van der Waals surface area contributed by atoms with Crippen molar-refractivity contribution in [1.29, 1.82) is 0 Å². The molecular formula is C16H25N3OS. The highest BCUT2D eigenvalue weighted by Gasteiger charge is 2.27. The van der Waals surface area contributed by atoms with E-state index in [1.165, 1.54) is 23.3 Å². The summed E-state index contributed by atoms with van der Waals surface area (Å²) in [6, 6.07) is 0.229. The van der Waals surface area contributed by atoms with Gasteiger partial charge >= 0.3 is 6.03 Å². The molecule has 0 bridgehead atoms. The molecule has 2 fully saturated rings. The molecular weight excluding hydrogens is 282 g/mol. The summed E-state index contributed by atoms with van der Waals surface area (Å²) < 4.78 is 0. The van der Waals surface area contributed by atoms with Gasteiger partial charge in [0.25, 0.3) is 0 Å². The predicted octanol–water partition coefficient (Wildman–Crippen LogP) is 2.44. The van der Waals surface area contributed by atoms with Crippen LogP contribution in [0.1, 0.15) is 26.2 Å². The fourth-order valence-electron chi connectivity index (χ4n) is 3.31. The summed E-state index contributed by atoms with van der Waals surface area (Å²) in [4.78, 5) is 18.3. The van der Waals surface area contributed by atoms with Gasteiger partial charge in [0, 0.05) is 49.9 Å². The van der Waals surface area contributed by atoms with E-state index in [0.29, 0.717) is 0 Å². The lowest BCUT2D eigenvalue weighted by molar-refractivity contribution is 0.153. The second-order valence-corrected chi connectivity index (χ2v) is 6.97. The maximum absolute atomic E-state index is 12.7. The summed E-state index contributed by atoms with van der Waals surface area (Å²) >= 11 is 1.93. The van der Waals surface area contributed by atoms with Gasteiger partial charge in [0.2, 0.25) is 0 Å². The third-order valence-corrected chi connectivity index (χ3v) is 5.66. The number of piperazine rings is 1.